The van der Waals surface area contributed by atoms with Crippen LogP contribution in [0.1, 0.15) is 63.2 Å². The number of benzene rings is 1. The standard InChI is InChI=1S/C21H25N5O2/c27-19-10-8-15(12-26(19)16-5-3-1-2-4-6-16)21-24-20(25-28-21)14-7-9-17-18(11-14)23-13-22-17/h7,9,11,13,15-16H,1-6,8,10,12H2,(H,22,23). The van der Waals surface area contributed by atoms with Crippen LogP contribution in [0.15, 0.2) is 29.0 Å². The van der Waals surface area contributed by atoms with Gasteiger partial charge in [-0.25, -0.2) is 4.98 Å². The molecule has 3 aromatic rings. The lowest BCUT2D eigenvalue weighted by atomic mass is 9.94. The fraction of sp³-hybridized carbons (Fsp3) is 0.524. The number of amides is 1. The Morgan fingerprint density at radius 3 is 2.82 bits per heavy atom. The average Bonchev–Trinajstić information content (AvgIpc) is 3.31. The van der Waals surface area contributed by atoms with Crippen molar-refractivity contribution in [2.45, 2.75) is 63.3 Å². The van der Waals surface area contributed by atoms with E-state index in [-0.39, 0.29) is 11.8 Å². The predicted octanol–water partition coefficient (Wildman–Crippen LogP) is 4.04. The zero-order valence-corrected chi connectivity index (χ0v) is 15.9. The molecule has 146 valence electrons. The van der Waals surface area contributed by atoms with E-state index in [0.29, 0.717) is 30.7 Å². The largest absolute Gasteiger partial charge is 0.345 e. The Morgan fingerprint density at radius 1 is 1.11 bits per heavy atom. The molecule has 7 nitrogen and oxygen atoms in total. The second-order valence-electron chi connectivity index (χ2n) is 8.02. The van der Waals surface area contributed by atoms with Gasteiger partial charge in [0, 0.05) is 24.6 Å². The molecule has 1 aliphatic heterocycles. The molecule has 2 aromatic heterocycles. The molecule has 1 atom stereocenters. The topological polar surface area (TPSA) is 87.9 Å². The molecule has 28 heavy (non-hydrogen) atoms. The van der Waals surface area contributed by atoms with E-state index in [4.69, 9.17) is 4.52 Å². The van der Waals surface area contributed by atoms with Crippen molar-refractivity contribution in [2.24, 2.45) is 0 Å². The van der Waals surface area contributed by atoms with Gasteiger partial charge in [0.25, 0.3) is 0 Å². The number of aromatic amines is 1. The van der Waals surface area contributed by atoms with Gasteiger partial charge in [0.15, 0.2) is 0 Å². The van der Waals surface area contributed by atoms with Crippen LogP contribution in [0.5, 0.6) is 0 Å². The third-order valence-corrected chi connectivity index (χ3v) is 6.18. The minimum atomic E-state index is 0.123. The number of fused-ring (bicyclic) bond motifs is 1. The third kappa shape index (κ3) is 3.30. The SMILES string of the molecule is O=C1CCC(c2nc(-c3ccc4nc[nH]c4c3)no2)CN1C1CCCCCC1. The van der Waals surface area contributed by atoms with Gasteiger partial charge in [-0.05, 0) is 37.5 Å². The lowest BCUT2D eigenvalue weighted by Gasteiger charge is -2.37. The molecular weight excluding hydrogens is 354 g/mol. The first kappa shape index (κ1) is 17.4. The van der Waals surface area contributed by atoms with Gasteiger partial charge >= 0.3 is 0 Å². The highest BCUT2D eigenvalue weighted by Crippen LogP contribution is 2.32. The first-order valence-corrected chi connectivity index (χ1v) is 10.3. The van der Waals surface area contributed by atoms with Gasteiger partial charge in [0.05, 0.1) is 23.3 Å². The predicted molar refractivity (Wildman–Crippen MR) is 105 cm³/mol. The first-order valence-electron chi connectivity index (χ1n) is 10.3. The summed E-state index contributed by atoms with van der Waals surface area (Å²) in [5.74, 6) is 1.64. The summed E-state index contributed by atoms with van der Waals surface area (Å²) >= 11 is 0. The molecule has 0 radical (unpaired) electrons. The van der Waals surface area contributed by atoms with Crippen molar-refractivity contribution in [3.8, 4) is 11.4 Å². The number of rotatable bonds is 3. The number of piperidine rings is 1. The summed E-state index contributed by atoms with van der Waals surface area (Å²) in [6.45, 7) is 0.699. The summed E-state index contributed by atoms with van der Waals surface area (Å²) in [6.07, 6.45) is 10.3. The average molecular weight is 379 g/mol. The van der Waals surface area contributed by atoms with Gasteiger partial charge in [0.2, 0.25) is 17.6 Å². The first-order chi connectivity index (χ1) is 13.8. The maximum absolute atomic E-state index is 12.6. The number of H-pyrrole nitrogens is 1. The zero-order valence-electron chi connectivity index (χ0n) is 15.9. The third-order valence-electron chi connectivity index (χ3n) is 6.18. The number of nitrogens with zero attached hydrogens (tertiary/aromatic N) is 4. The molecule has 0 bridgehead atoms. The second kappa shape index (κ2) is 7.37. The van der Waals surface area contributed by atoms with Crippen molar-refractivity contribution < 1.29 is 9.32 Å². The molecule has 1 saturated heterocycles. The molecule has 1 unspecified atom stereocenters. The van der Waals surface area contributed by atoms with Crippen LogP contribution in [0.25, 0.3) is 22.4 Å². The van der Waals surface area contributed by atoms with Gasteiger partial charge in [-0.15, -0.1) is 0 Å². The van der Waals surface area contributed by atoms with Gasteiger partial charge < -0.3 is 14.4 Å². The van der Waals surface area contributed by atoms with E-state index in [1.807, 2.05) is 18.2 Å². The van der Waals surface area contributed by atoms with E-state index >= 15 is 0 Å². The Balaban J connectivity index is 1.35. The second-order valence-corrected chi connectivity index (χ2v) is 8.02. The molecule has 5 rings (SSSR count). The summed E-state index contributed by atoms with van der Waals surface area (Å²) in [5, 5.41) is 4.20. The lowest BCUT2D eigenvalue weighted by Crippen LogP contribution is -2.45. The number of carbonyl (C=O) groups is 1. The number of carbonyl (C=O) groups excluding carboxylic acids is 1. The summed E-state index contributed by atoms with van der Waals surface area (Å²) in [5.41, 5.74) is 2.77. The van der Waals surface area contributed by atoms with Crippen molar-refractivity contribution in [1.29, 1.82) is 0 Å². The number of nitrogens with one attached hydrogen (secondary N) is 1. The minimum Gasteiger partial charge on any atom is -0.345 e. The van der Waals surface area contributed by atoms with E-state index < -0.39 is 0 Å². The fourth-order valence-corrected chi connectivity index (χ4v) is 4.59. The minimum absolute atomic E-state index is 0.123. The van der Waals surface area contributed by atoms with E-state index in [0.717, 1.165) is 35.9 Å². The van der Waals surface area contributed by atoms with Crippen LogP contribution in [-0.2, 0) is 4.79 Å². The van der Waals surface area contributed by atoms with Crippen molar-refractivity contribution >= 4 is 16.9 Å². The van der Waals surface area contributed by atoms with Crippen LogP contribution in [0.3, 0.4) is 0 Å². The molecule has 1 saturated carbocycles. The number of likely N-dealkylation sites (tertiary alicyclic amines) is 1. The van der Waals surface area contributed by atoms with E-state index in [1.165, 1.54) is 25.7 Å². The quantitative estimate of drug-likeness (QED) is 0.694. The van der Waals surface area contributed by atoms with E-state index in [2.05, 4.69) is 25.0 Å². The Hall–Kier alpha value is -2.70. The Bertz CT molecular complexity index is 970. The number of hydrogen-bond acceptors (Lipinski definition) is 5. The van der Waals surface area contributed by atoms with Crippen LogP contribution in [0, 0.1) is 0 Å². The number of imidazole rings is 1. The lowest BCUT2D eigenvalue weighted by molar-refractivity contribution is -0.136. The van der Waals surface area contributed by atoms with Gasteiger partial charge in [-0.3, -0.25) is 4.79 Å². The van der Waals surface area contributed by atoms with Crippen LogP contribution in [0.2, 0.25) is 0 Å². The smallest absolute Gasteiger partial charge is 0.231 e. The number of hydrogen-bond donors (Lipinski definition) is 1. The summed E-state index contributed by atoms with van der Waals surface area (Å²) in [4.78, 5) is 26.7. The molecule has 2 fully saturated rings. The molecule has 1 amide bonds. The molecule has 1 aromatic carbocycles. The molecule has 2 aliphatic rings. The van der Waals surface area contributed by atoms with Gasteiger partial charge in [-0.2, -0.15) is 4.98 Å². The van der Waals surface area contributed by atoms with Crippen molar-refractivity contribution in [2.75, 3.05) is 6.54 Å². The van der Waals surface area contributed by atoms with Crippen LogP contribution >= 0.6 is 0 Å². The van der Waals surface area contributed by atoms with E-state index in [9.17, 15) is 4.79 Å². The number of aromatic nitrogens is 4. The highest BCUT2D eigenvalue weighted by molar-refractivity contribution is 5.80. The van der Waals surface area contributed by atoms with Crippen LogP contribution in [-0.4, -0.2) is 43.5 Å². The van der Waals surface area contributed by atoms with E-state index in [1.54, 1.807) is 6.33 Å². The van der Waals surface area contributed by atoms with Crippen molar-refractivity contribution in [3.05, 3.63) is 30.4 Å². The molecular formula is C21H25N5O2. The molecule has 0 spiro atoms. The zero-order chi connectivity index (χ0) is 18.9. The fourth-order valence-electron chi connectivity index (χ4n) is 4.59. The summed E-state index contributed by atoms with van der Waals surface area (Å²) < 4.78 is 5.62. The Morgan fingerprint density at radius 2 is 1.96 bits per heavy atom. The normalized spacial score (nSPS) is 21.9. The van der Waals surface area contributed by atoms with Crippen molar-refractivity contribution in [3.63, 3.8) is 0 Å². The van der Waals surface area contributed by atoms with Crippen LogP contribution < -0.4 is 0 Å². The summed E-state index contributed by atoms with van der Waals surface area (Å²) in [7, 11) is 0. The Labute approximate surface area is 163 Å². The van der Waals surface area contributed by atoms with Crippen LogP contribution in [0.4, 0.5) is 0 Å². The highest BCUT2D eigenvalue weighted by atomic mass is 16.5. The maximum Gasteiger partial charge on any atom is 0.231 e. The summed E-state index contributed by atoms with van der Waals surface area (Å²) in [6, 6.07) is 6.27. The van der Waals surface area contributed by atoms with Gasteiger partial charge in [0.1, 0.15) is 0 Å². The molecule has 1 N–H and O–H groups in total. The monoisotopic (exact) mass is 379 g/mol. The Kier molecular flexibility index (Phi) is 4.58. The molecule has 1 aliphatic carbocycles. The highest BCUT2D eigenvalue weighted by Gasteiger charge is 2.34. The van der Waals surface area contributed by atoms with Crippen molar-refractivity contribution in [1.82, 2.24) is 25.0 Å². The maximum atomic E-state index is 12.6. The molecule has 7 heteroatoms. The molecule has 3 heterocycles. The van der Waals surface area contributed by atoms with Gasteiger partial charge in [-0.1, -0.05) is 30.8 Å².